The summed E-state index contributed by atoms with van der Waals surface area (Å²) in [4.78, 5) is 25.0. The van der Waals surface area contributed by atoms with Crippen molar-refractivity contribution in [3.8, 4) is 0 Å². The van der Waals surface area contributed by atoms with Gasteiger partial charge in [0.05, 0.1) is 6.54 Å². The maximum atomic E-state index is 10.8. The van der Waals surface area contributed by atoms with Crippen LogP contribution in [-0.4, -0.2) is 30.9 Å². The minimum Gasteiger partial charge on any atom is -0.458 e. The Morgan fingerprint density at radius 1 is 1.64 bits per heavy atom. The summed E-state index contributed by atoms with van der Waals surface area (Å²) in [6.07, 6.45) is 2.06. The lowest BCUT2D eigenvalue weighted by Crippen LogP contribution is -2.31. The van der Waals surface area contributed by atoms with Crippen molar-refractivity contribution in [2.45, 2.75) is 20.0 Å². The molecule has 0 saturated heterocycles. The van der Waals surface area contributed by atoms with Gasteiger partial charge in [-0.1, -0.05) is 6.58 Å². The second-order valence-electron chi connectivity index (χ2n) is 2.52. The molecule has 5 heteroatoms. The molecule has 0 aromatic carbocycles. The van der Waals surface area contributed by atoms with Crippen molar-refractivity contribution in [1.82, 2.24) is 5.32 Å². The highest BCUT2D eigenvalue weighted by molar-refractivity contribution is 5.83. The molecular weight excluding hydrogens is 184 g/mol. The average Bonchev–Trinajstić information content (AvgIpc) is 2.15. The Balaban J connectivity index is 3.73. The van der Waals surface area contributed by atoms with Gasteiger partial charge in [0, 0.05) is 12.3 Å². The van der Waals surface area contributed by atoms with Crippen LogP contribution in [0.4, 0.5) is 4.79 Å². The SMILES string of the molecule is C=CC(=O)OC(C)CNC(=O)N=CC. The summed E-state index contributed by atoms with van der Waals surface area (Å²) in [6, 6.07) is -0.450. The second-order valence-corrected chi connectivity index (χ2v) is 2.52. The van der Waals surface area contributed by atoms with Crippen molar-refractivity contribution in [1.29, 1.82) is 0 Å². The smallest absolute Gasteiger partial charge is 0.340 e. The lowest BCUT2D eigenvalue weighted by Gasteiger charge is -2.11. The molecule has 0 rings (SSSR count). The molecule has 78 valence electrons. The molecule has 0 radical (unpaired) electrons. The summed E-state index contributed by atoms with van der Waals surface area (Å²) >= 11 is 0. The number of esters is 1. The van der Waals surface area contributed by atoms with Crippen LogP contribution in [0.1, 0.15) is 13.8 Å². The monoisotopic (exact) mass is 198 g/mol. The van der Waals surface area contributed by atoms with E-state index in [0.717, 1.165) is 6.08 Å². The number of rotatable bonds is 4. The lowest BCUT2D eigenvalue weighted by atomic mass is 10.4. The number of aliphatic imine (C=N–C) groups is 1. The van der Waals surface area contributed by atoms with E-state index in [9.17, 15) is 9.59 Å². The number of amides is 2. The summed E-state index contributed by atoms with van der Waals surface area (Å²) < 4.78 is 4.80. The minimum atomic E-state index is -0.509. The number of urea groups is 1. The van der Waals surface area contributed by atoms with Crippen molar-refractivity contribution >= 4 is 18.2 Å². The molecule has 5 nitrogen and oxygen atoms in total. The predicted molar refractivity (Wildman–Crippen MR) is 53.3 cm³/mol. The van der Waals surface area contributed by atoms with Gasteiger partial charge in [0.1, 0.15) is 6.10 Å². The fourth-order valence-electron chi connectivity index (χ4n) is 0.682. The zero-order valence-corrected chi connectivity index (χ0v) is 8.32. The van der Waals surface area contributed by atoms with Crippen LogP contribution in [0, 0.1) is 0 Å². The number of nitrogens with zero attached hydrogens (tertiary/aromatic N) is 1. The first-order valence-electron chi connectivity index (χ1n) is 4.19. The van der Waals surface area contributed by atoms with Crippen molar-refractivity contribution < 1.29 is 14.3 Å². The number of hydrogen-bond acceptors (Lipinski definition) is 3. The Hall–Kier alpha value is -1.65. The van der Waals surface area contributed by atoms with Gasteiger partial charge >= 0.3 is 12.0 Å². The maximum absolute atomic E-state index is 10.8. The van der Waals surface area contributed by atoms with Gasteiger partial charge < -0.3 is 10.1 Å². The van der Waals surface area contributed by atoms with Gasteiger partial charge in [0.2, 0.25) is 0 Å². The van der Waals surface area contributed by atoms with E-state index in [0.29, 0.717) is 0 Å². The summed E-state index contributed by atoms with van der Waals surface area (Å²) in [5, 5.41) is 2.46. The standard InChI is InChI=1S/C9H14N2O3/c1-4-8(12)14-7(3)6-11-9(13)10-5-2/h4-5,7H,1,6H2,2-3H3,(H,11,13). The first kappa shape index (κ1) is 12.3. The minimum absolute atomic E-state index is 0.232. The molecule has 0 bridgehead atoms. The highest BCUT2D eigenvalue weighted by Crippen LogP contribution is 1.90. The highest BCUT2D eigenvalue weighted by Gasteiger charge is 2.07. The van der Waals surface area contributed by atoms with Crippen LogP contribution in [0.3, 0.4) is 0 Å². The number of carbonyl (C=O) groups is 2. The molecule has 1 unspecified atom stereocenters. The third-order valence-corrected chi connectivity index (χ3v) is 1.27. The molecular formula is C9H14N2O3. The number of ether oxygens (including phenoxy) is 1. The first-order valence-corrected chi connectivity index (χ1v) is 4.19. The van der Waals surface area contributed by atoms with Crippen LogP contribution in [0.5, 0.6) is 0 Å². The summed E-state index contributed by atoms with van der Waals surface area (Å²) in [5.74, 6) is -0.509. The molecule has 0 aliphatic rings. The fraction of sp³-hybridized carbons (Fsp3) is 0.444. The van der Waals surface area contributed by atoms with Crippen LogP contribution >= 0.6 is 0 Å². The molecule has 1 atom stereocenters. The van der Waals surface area contributed by atoms with Crippen LogP contribution < -0.4 is 5.32 Å². The number of nitrogens with one attached hydrogen (secondary N) is 1. The largest absolute Gasteiger partial charge is 0.458 e. The predicted octanol–water partition coefficient (Wildman–Crippen LogP) is 0.904. The lowest BCUT2D eigenvalue weighted by molar-refractivity contribution is -0.141. The molecule has 0 saturated carbocycles. The molecule has 14 heavy (non-hydrogen) atoms. The third kappa shape index (κ3) is 5.93. The molecule has 0 spiro atoms. The van der Waals surface area contributed by atoms with Gasteiger partial charge in [-0.05, 0) is 13.8 Å². The normalized spacial score (nSPS) is 12.1. The summed E-state index contributed by atoms with van der Waals surface area (Å²) in [5.41, 5.74) is 0. The van der Waals surface area contributed by atoms with E-state index in [2.05, 4.69) is 16.9 Å². The maximum Gasteiger partial charge on any atom is 0.340 e. The summed E-state index contributed by atoms with van der Waals surface area (Å²) in [7, 11) is 0. The fourth-order valence-corrected chi connectivity index (χ4v) is 0.682. The highest BCUT2D eigenvalue weighted by atomic mass is 16.5. The van der Waals surface area contributed by atoms with E-state index in [1.807, 2.05) is 0 Å². The van der Waals surface area contributed by atoms with E-state index in [1.54, 1.807) is 13.8 Å². The van der Waals surface area contributed by atoms with E-state index in [4.69, 9.17) is 4.74 Å². The Bertz CT molecular complexity index is 248. The van der Waals surface area contributed by atoms with E-state index < -0.39 is 18.1 Å². The van der Waals surface area contributed by atoms with Crippen LogP contribution in [-0.2, 0) is 9.53 Å². The molecule has 2 amide bonds. The van der Waals surface area contributed by atoms with Crippen LogP contribution in [0.15, 0.2) is 17.6 Å². The molecule has 0 heterocycles. The van der Waals surface area contributed by atoms with E-state index in [-0.39, 0.29) is 6.54 Å². The Labute approximate surface area is 82.9 Å². The van der Waals surface area contributed by atoms with E-state index >= 15 is 0 Å². The molecule has 0 aromatic rings. The van der Waals surface area contributed by atoms with Gasteiger partial charge in [0.25, 0.3) is 0 Å². The van der Waals surface area contributed by atoms with Crippen molar-refractivity contribution in [3.63, 3.8) is 0 Å². The second kappa shape index (κ2) is 6.82. The van der Waals surface area contributed by atoms with Gasteiger partial charge in [-0.25, -0.2) is 14.6 Å². The zero-order valence-electron chi connectivity index (χ0n) is 8.32. The quantitative estimate of drug-likeness (QED) is 0.414. The van der Waals surface area contributed by atoms with Crippen LogP contribution in [0.2, 0.25) is 0 Å². The van der Waals surface area contributed by atoms with E-state index in [1.165, 1.54) is 6.21 Å². The van der Waals surface area contributed by atoms with Crippen molar-refractivity contribution in [2.24, 2.45) is 4.99 Å². The molecule has 0 fully saturated rings. The first-order chi connectivity index (χ1) is 6.60. The van der Waals surface area contributed by atoms with Crippen molar-refractivity contribution in [2.75, 3.05) is 6.54 Å². The topological polar surface area (TPSA) is 67.8 Å². The molecule has 0 aromatic heterocycles. The van der Waals surface area contributed by atoms with Crippen LogP contribution in [0.25, 0.3) is 0 Å². The van der Waals surface area contributed by atoms with Gasteiger partial charge in [-0.2, -0.15) is 0 Å². The van der Waals surface area contributed by atoms with Crippen molar-refractivity contribution in [3.05, 3.63) is 12.7 Å². The Morgan fingerprint density at radius 3 is 2.79 bits per heavy atom. The Kier molecular flexibility index (Phi) is 6.02. The average molecular weight is 198 g/mol. The zero-order chi connectivity index (χ0) is 11.0. The number of carbonyl (C=O) groups excluding carboxylic acids is 2. The van der Waals surface area contributed by atoms with Gasteiger partial charge in [-0.3, -0.25) is 0 Å². The van der Waals surface area contributed by atoms with Gasteiger partial charge in [-0.15, -0.1) is 0 Å². The number of hydrogen-bond donors (Lipinski definition) is 1. The summed E-state index contributed by atoms with van der Waals surface area (Å²) in [6.45, 7) is 6.79. The third-order valence-electron chi connectivity index (χ3n) is 1.27. The molecule has 0 aliphatic heterocycles. The van der Waals surface area contributed by atoms with Gasteiger partial charge in [0.15, 0.2) is 0 Å². The Morgan fingerprint density at radius 2 is 2.29 bits per heavy atom. The molecule has 0 aliphatic carbocycles. The molecule has 1 N–H and O–H groups in total.